The monoisotopic (exact) mass is 271 g/mol. The van der Waals surface area contributed by atoms with Crippen molar-refractivity contribution in [2.75, 3.05) is 33.2 Å². The first-order valence-corrected chi connectivity index (χ1v) is 7.00. The highest BCUT2D eigenvalue weighted by Gasteiger charge is 2.22. The van der Waals surface area contributed by atoms with Crippen LogP contribution < -0.4 is 5.73 Å². The van der Waals surface area contributed by atoms with Crippen LogP contribution in [0.25, 0.3) is 0 Å². The molecule has 0 aliphatic carbocycles. The van der Waals surface area contributed by atoms with Gasteiger partial charge >= 0.3 is 0 Å². The van der Waals surface area contributed by atoms with Crippen LogP contribution in [0.1, 0.15) is 33.1 Å². The normalized spacial score (nSPS) is 18.8. The molecule has 0 aromatic rings. The first-order valence-electron chi connectivity index (χ1n) is 6.59. The number of nitrogens with two attached hydrogens (primary N) is 1. The maximum atomic E-state index is 11.7. The summed E-state index contributed by atoms with van der Waals surface area (Å²) < 4.78 is 0. The van der Waals surface area contributed by atoms with Crippen LogP contribution in [0.3, 0.4) is 0 Å². The molecule has 2 N–H and O–H groups in total. The minimum absolute atomic E-state index is 0.0814. The first-order chi connectivity index (χ1) is 8.33. The van der Waals surface area contributed by atoms with Gasteiger partial charge in [0.2, 0.25) is 5.91 Å². The lowest BCUT2D eigenvalue weighted by molar-refractivity contribution is -0.129. The van der Waals surface area contributed by atoms with E-state index in [1.165, 1.54) is 0 Å². The second-order valence-electron chi connectivity index (χ2n) is 5.80. The summed E-state index contributed by atoms with van der Waals surface area (Å²) in [5.74, 6) is 0.223. The molecule has 1 aliphatic rings. The van der Waals surface area contributed by atoms with E-state index >= 15 is 0 Å². The van der Waals surface area contributed by atoms with E-state index in [2.05, 4.69) is 18.7 Å². The Morgan fingerprint density at radius 2 is 2.11 bits per heavy atom. The number of amides is 1. The van der Waals surface area contributed by atoms with Crippen LogP contribution in [0.15, 0.2) is 0 Å². The van der Waals surface area contributed by atoms with Crippen molar-refractivity contribution in [3.05, 3.63) is 0 Å². The van der Waals surface area contributed by atoms with Crippen molar-refractivity contribution in [3.8, 4) is 0 Å². The molecular formula is C13H25N3OS. The van der Waals surface area contributed by atoms with Crippen LogP contribution in [0.5, 0.6) is 0 Å². The number of carbonyl (C=O) groups is 1. The zero-order valence-corrected chi connectivity index (χ0v) is 12.6. The van der Waals surface area contributed by atoms with Gasteiger partial charge in [0.1, 0.15) is 0 Å². The topological polar surface area (TPSA) is 49.6 Å². The first kappa shape index (κ1) is 15.4. The molecule has 104 valence electrons. The fraction of sp³-hybridized carbons (Fsp3) is 0.846. The molecule has 1 amide bonds. The summed E-state index contributed by atoms with van der Waals surface area (Å²) in [5.41, 5.74) is 5.63. The van der Waals surface area contributed by atoms with Gasteiger partial charge in [-0.25, -0.2) is 0 Å². The summed E-state index contributed by atoms with van der Waals surface area (Å²) in [7, 11) is 1.88. The number of hydrogen-bond acceptors (Lipinski definition) is 3. The molecule has 0 aromatic carbocycles. The van der Waals surface area contributed by atoms with Crippen LogP contribution in [-0.4, -0.2) is 53.9 Å². The van der Waals surface area contributed by atoms with E-state index in [9.17, 15) is 4.79 Å². The molecule has 1 aliphatic heterocycles. The minimum Gasteiger partial charge on any atom is -0.393 e. The molecule has 0 bridgehead atoms. The van der Waals surface area contributed by atoms with Gasteiger partial charge in [0.05, 0.1) is 11.5 Å². The molecular weight excluding hydrogens is 246 g/mol. The van der Waals surface area contributed by atoms with E-state index in [1.54, 1.807) is 0 Å². The zero-order chi connectivity index (χ0) is 13.8. The molecule has 0 aromatic heterocycles. The van der Waals surface area contributed by atoms with Crippen molar-refractivity contribution in [2.24, 2.45) is 11.1 Å². The number of carbonyl (C=O) groups excluding carboxylic acids is 1. The number of hydrogen-bond donors (Lipinski definition) is 1. The van der Waals surface area contributed by atoms with Crippen molar-refractivity contribution >= 4 is 23.1 Å². The van der Waals surface area contributed by atoms with Gasteiger partial charge in [0.25, 0.3) is 0 Å². The number of rotatable bonds is 5. The molecule has 5 heteroatoms. The van der Waals surface area contributed by atoms with E-state index in [4.69, 9.17) is 18.0 Å². The predicted octanol–water partition coefficient (Wildman–Crippen LogP) is 1.24. The van der Waals surface area contributed by atoms with Crippen molar-refractivity contribution in [1.29, 1.82) is 0 Å². The SMILES string of the molecule is CN1CCCN(CCCC(C)(C)C(N)=S)CC1=O. The lowest BCUT2D eigenvalue weighted by atomic mass is 9.88. The van der Waals surface area contributed by atoms with Gasteiger partial charge in [0.15, 0.2) is 0 Å². The van der Waals surface area contributed by atoms with E-state index in [1.807, 2.05) is 11.9 Å². The smallest absolute Gasteiger partial charge is 0.236 e. The average Bonchev–Trinajstić information content (AvgIpc) is 2.41. The van der Waals surface area contributed by atoms with E-state index in [-0.39, 0.29) is 11.3 Å². The average molecular weight is 271 g/mol. The summed E-state index contributed by atoms with van der Waals surface area (Å²) in [6.45, 7) is 7.53. The van der Waals surface area contributed by atoms with Gasteiger partial charge in [-0.05, 0) is 25.8 Å². The highest BCUT2D eigenvalue weighted by atomic mass is 32.1. The number of nitrogens with zero attached hydrogens (tertiary/aromatic N) is 2. The third-order valence-corrected chi connectivity index (χ3v) is 4.25. The van der Waals surface area contributed by atoms with Gasteiger partial charge in [-0.2, -0.15) is 0 Å². The number of thiocarbonyl (C=S) groups is 1. The standard InChI is InChI=1S/C13H25N3OS/c1-13(2,12(14)18)6-4-8-16-9-5-7-15(3)11(17)10-16/h4-10H2,1-3H3,(H2,14,18). The quantitative estimate of drug-likeness (QED) is 0.765. The Morgan fingerprint density at radius 1 is 1.44 bits per heavy atom. The van der Waals surface area contributed by atoms with Gasteiger partial charge in [-0.15, -0.1) is 0 Å². The summed E-state index contributed by atoms with van der Waals surface area (Å²) in [5, 5.41) is 0. The van der Waals surface area contributed by atoms with Gasteiger partial charge in [-0.3, -0.25) is 9.69 Å². The fourth-order valence-corrected chi connectivity index (χ4v) is 2.21. The third-order valence-electron chi connectivity index (χ3n) is 3.70. The summed E-state index contributed by atoms with van der Waals surface area (Å²) in [6.07, 6.45) is 3.06. The van der Waals surface area contributed by atoms with Crippen LogP contribution in [-0.2, 0) is 4.79 Å². The number of likely N-dealkylation sites (N-methyl/N-ethyl adjacent to an activating group) is 1. The second kappa shape index (κ2) is 6.48. The Morgan fingerprint density at radius 3 is 2.72 bits per heavy atom. The van der Waals surface area contributed by atoms with Gasteiger partial charge < -0.3 is 10.6 Å². The highest BCUT2D eigenvalue weighted by Crippen LogP contribution is 2.22. The molecule has 1 rings (SSSR count). The van der Waals surface area contributed by atoms with Crippen molar-refractivity contribution in [1.82, 2.24) is 9.80 Å². The van der Waals surface area contributed by atoms with E-state index in [0.29, 0.717) is 11.5 Å². The van der Waals surface area contributed by atoms with Crippen LogP contribution in [0.2, 0.25) is 0 Å². The largest absolute Gasteiger partial charge is 0.393 e. The molecule has 0 spiro atoms. The van der Waals surface area contributed by atoms with Crippen LogP contribution in [0, 0.1) is 5.41 Å². The maximum Gasteiger partial charge on any atom is 0.236 e. The van der Waals surface area contributed by atoms with Crippen molar-refractivity contribution in [3.63, 3.8) is 0 Å². The zero-order valence-electron chi connectivity index (χ0n) is 11.7. The molecule has 1 fully saturated rings. The molecule has 0 atom stereocenters. The third kappa shape index (κ3) is 4.53. The molecule has 1 heterocycles. The maximum absolute atomic E-state index is 11.7. The highest BCUT2D eigenvalue weighted by molar-refractivity contribution is 7.80. The van der Waals surface area contributed by atoms with Crippen molar-refractivity contribution < 1.29 is 4.79 Å². The predicted molar refractivity (Wildman–Crippen MR) is 78.5 cm³/mol. The lowest BCUT2D eigenvalue weighted by Gasteiger charge is -2.25. The molecule has 0 radical (unpaired) electrons. The molecule has 0 unspecified atom stereocenters. The van der Waals surface area contributed by atoms with Gasteiger partial charge in [-0.1, -0.05) is 26.1 Å². The van der Waals surface area contributed by atoms with Crippen LogP contribution in [0.4, 0.5) is 0 Å². The molecule has 0 saturated carbocycles. The Hall–Kier alpha value is -0.680. The lowest BCUT2D eigenvalue weighted by Crippen LogP contribution is -2.36. The van der Waals surface area contributed by atoms with E-state index in [0.717, 1.165) is 38.9 Å². The van der Waals surface area contributed by atoms with Crippen molar-refractivity contribution in [2.45, 2.75) is 33.1 Å². The Bertz CT molecular complexity index is 317. The molecule has 18 heavy (non-hydrogen) atoms. The second-order valence-corrected chi connectivity index (χ2v) is 6.24. The Labute approximate surface area is 115 Å². The Kier molecular flexibility index (Phi) is 5.53. The fourth-order valence-electron chi connectivity index (χ4n) is 2.11. The van der Waals surface area contributed by atoms with Crippen LogP contribution >= 0.6 is 12.2 Å². The molecule has 4 nitrogen and oxygen atoms in total. The summed E-state index contributed by atoms with van der Waals surface area (Å²) in [6, 6.07) is 0. The molecule has 1 saturated heterocycles. The minimum atomic E-state index is -0.0814. The van der Waals surface area contributed by atoms with Gasteiger partial charge in [0, 0.05) is 25.6 Å². The Balaban J connectivity index is 2.35. The summed E-state index contributed by atoms with van der Waals surface area (Å²) in [4.78, 5) is 16.4. The summed E-state index contributed by atoms with van der Waals surface area (Å²) >= 11 is 5.06. The van der Waals surface area contributed by atoms with E-state index < -0.39 is 0 Å².